The molecule has 2 N–H and O–H groups in total. The summed E-state index contributed by atoms with van der Waals surface area (Å²) >= 11 is 0. The Labute approximate surface area is 149 Å². The van der Waals surface area contributed by atoms with E-state index in [1.54, 1.807) is 18.2 Å². The van der Waals surface area contributed by atoms with Crippen LogP contribution in [0.25, 0.3) is 0 Å². The van der Waals surface area contributed by atoms with Crippen molar-refractivity contribution in [1.29, 1.82) is 0 Å². The SMILES string of the molecule is CCOc1ccccc1C(=O)NCC(=O)NCC1CCN(C(C)C)C1. The molecule has 0 aromatic heterocycles. The van der Waals surface area contributed by atoms with Crippen molar-refractivity contribution in [2.24, 2.45) is 5.92 Å². The minimum atomic E-state index is -0.300. The van der Waals surface area contributed by atoms with E-state index >= 15 is 0 Å². The molecule has 1 aromatic rings. The molecule has 1 aromatic carbocycles. The maximum atomic E-state index is 12.2. The molecule has 1 saturated heterocycles. The number of likely N-dealkylation sites (tertiary alicyclic amines) is 1. The summed E-state index contributed by atoms with van der Waals surface area (Å²) in [5.41, 5.74) is 0.445. The highest BCUT2D eigenvalue weighted by Crippen LogP contribution is 2.18. The Morgan fingerprint density at radius 3 is 2.72 bits per heavy atom. The number of rotatable bonds is 8. The molecule has 0 radical (unpaired) electrons. The van der Waals surface area contributed by atoms with Crippen molar-refractivity contribution in [1.82, 2.24) is 15.5 Å². The molecule has 0 saturated carbocycles. The van der Waals surface area contributed by atoms with Crippen molar-refractivity contribution >= 4 is 11.8 Å². The fourth-order valence-electron chi connectivity index (χ4n) is 3.01. The minimum absolute atomic E-state index is 0.0279. The summed E-state index contributed by atoms with van der Waals surface area (Å²) in [4.78, 5) is 26.7. The van der Waals surface area contributed by atoms with Crippen LogP contribution in [0.1, 0.15) is 37.6 Å². The summed E-state index contributed by atoms with van der Waals surface area (Å²) in [7, 11) is 0. The zero-order chi connectivity index (χ0) is 18.2. The Morgan fingerprint density at radius 2 is 2.04 bits per heavy atom. The van der Waals surface area contributed by atoms with Gasteiger partial charge in [-0.05, 0) is 51.8 Å². The molecule has 2 rings (SSSR count). The standard InChI is InChI=1S/C19H29N3O3/c1-4-25-17-8-6-5-7-16(17)19(24)21-12-18(23)20-11-15-9-10-22(13-15)14(2)3/h5-8,14-15H,4,9-13H2,1-3H3,(H,20,23)(H,21,24). The van der Waals surface area contributed by atoms with E-state index in [0.717, 1.165) is 19.5 Å². The largest absolute Gasteiger partial charge is 0.493 e. The highest BCUT2D eigenvalue weighted by Gasteiger charge is 2.24. The lowest BCUT2D eigenvalue weighted by Crippen LogP contribution is -2.39. The number of hydrogen-bond donors (Lipinski definition) is 2. The number of ether oxygens (including phenoxy) is 1. The molecule has 6 heteroatoms. The number of carbonyl (C=O) groups excluding carboxylic acids is 2. The van der Waals surface area contributed by atoms with Gasteiger partial charge in [0.2, 0.25) is 5.91 Å². The van der Waals surface area contributed by atoms with Crippen LogP contribution in [0, 0.1) is 5.92 Å². The van der Waals surface area contributed by atoms with Crippen molar-refractivity contribution in [3.63, 3.8) is 0 Å². The van der Waals surface area contributed by atoms with Crippen molar-refractivity contribution in [2.75, 3.05) is 32.8 Å². The van der Waals surface area contributed by atoms with E-state index in [9.17, 15) is 9.59 Å². The summed E-state index contributed by atoms with van der Waals surface area (Å²) in [6.07, 6.45) is 1.10. The fourth-order valence-corrected chi connectivity index (χ4v) is 3.01. The fraction of sp³-hybridized carbons (Fsp3) is 0.579. The summed E-state index contributed by atoms with van der Waals surface area (Å²) in [6.45, 7) is 9.47. The molecule has 1 aliphatic heterocycles. The predicted molar refractivity (Wildman–Crippen MR) is 97.8 cm³/mol. The molecule has 6 nitrogen and oxygen atoms in total. The van der Waals surface area contributed by atoms with Gasteiger partial charge in [-0.25, -0.2) is 0 Å². The molecule has 1 unspecified atom stereocenters. The van der Waals surface area contributed by atoms with Crippen LogP contribution in [0.2, 0.25) is 0 Å². The first-order valence-electron chi connectivity index (χ1n) is 9.02. The number of amides is 2. The normalized spacial score (nSPS) is 17.5. The van der Waals surface area contributed by atoms with Crippen LogP contribution >= 0.6 is 0 Å². The third-order valence-corrected chi connectivity index (χ3v) is 4.48. The number of carbonyl (C=O) groups is 2. The second-order valence-corrected chi connectivity index (χ2v) is 6.66. The van der Waals surface area contributed by atoms with Crippen molar-refractivity contribution in [3.05, 3.63) is 29.8 Å². The molecule has 138 valence electrons. The van der Waals surface area contributed by atoms with Crippen molar-refractivity contribution < 1.29 is 14.3 Å². The molecule has 1 aliphatic rings. The number of nitrogens with zero attached hydrogens (tertiary/aromatic N) is 1. The number of para-hydroxylation sites is 1. The first kappa shape index (κ1) is 19.2. The van der Waals surface area contributed by atoms with Gasteiger partial charge in [0.15, 0.2) is 0 Å². The first-order valence-corrected chi connectivity index (χ1v) is 9.02. The molecule has 1 heterocycles. The zero-order valence-electron chi connectivity index (χ0n) is 15.4. The van der Waals surface area contributed by atoms with Gasteiger partial charge in [-0.15, -0.1) is 0 Å². The molecular formula is C19H29N3O3. The molecule has 1 fully saturated rings. The lowest BCUT2D eigenvalue weighted by Gasteiger charge is -2.20. The van der Waals surface area contributed by atoms with Crippen LogP contribution in [0.15, 0.2) is 24.3 Å². The molecule has 25 heavy (non-hydrogen) atoms. The molecule has 0 aliphatic carbocycles. The lowest BCUT2D eigenvalue weighted by atomic mass is 10.1. The Bertz CT molecular complexity index is 589. The van der Waals surface area contributed by atoms with Gasteiger partial charge >= 0.3 is 0 Å². The van der Waals surface area contributed by atoms with E-state index in [1.807, 2.05) is 13.0 Å². The molecule has 2 amide bonds. The van der Waals surface area contributed by atoms with E-state index < -0.39 is 0 Å². The van der Waals surface area contributed by atoms with Gasteiger partial charge < -0.3 is 20.3 Å². The Balaban J connectivity index is 1.74. The number of nitrogens with one attached hydrogen (secondary N) is 2. The molecule has 1 atom stereocenters. The average molecular weight is 347 g/mol. The third kappa shape index (κ3) is 5.74. The van der Waals surface area contributed by atoms with Gasteiger partial charge in [0, 0.05) is 19.1 Å². The summed E-state index contributed by atoms with van der Waals surface area (Å²) < 4.78 is 5.44. The van der Waals surface area contributed by atoms with E-state index in [0.29, 0.717) is 36.4 Å². The average Bonchev–Trinajstić information content (AvgIpc) is 3.08. The van der Waals surface area contributed by atoms with Gasteiger partial charge in [-0.2, -0.15) is 0 Å². The van der Waals surface area contributed by atoms with E-state index in [4.69, 9.17) is 4.74 Å². The van der Waals surface area contributed by atoms with Crippen LogP contribution in [-0.4, -0.2) is 55.5 Å². The second-order valence-electron chi connectivity index (χ2n) is 6.66. The number of hydrogen-bond acceptors (Lipinski definition) is 4. The second kappa shape index (κ2) is 9.42. The van der Waals surface area contributed by atoms with Gasteiger partial charge in [-0.1, -0.05) is 12.1 Å². The van der Waals surface area contributed by atoms with Gasteiger partial charge in [0.05, 0.1) is 18.7 Å². The minimum Gasteiger partial charge on any atom is -0.493 e. The van der Waals surface area contributed by atoms with Crippen LogP contribution in [-0.2, 0) is 4.79 Å². The van der Waals surface area contributed by atoms with Gasteiger partial charge in [0.25, 0.3) is 5.91 Å². The van der Waals surface area contributed by atoms with Crippen LogP contribution in [0.4, 0.5) is 0 Å². The van der Waals surface area contributed by atoms with E-state index in [1.165, 1.54) is 0 Å². The first-order chi connectivity index (χ1) is 12.0. The van der Waals surface area contributed by atoms with E-state index in [-0.39, 0.29) is 18.4 Å². The maximum absolute atomic E-state index is 12.2. The Morgan fingerprint density at radius 1 is 1.28 bits per heavy atom. The third-order valence-electron chi connectivity index (χ3n) is 4.48. The highest BCUT2D eigenvalue weighted by molar-refractivity contribution is 5.98. The summed E-state index contributed by atoms with van der Waals surface area (Å²) in [5.74, 6) is 0.555. The van der Waals surface area contributed by atoms with Crippen molar-refractivity contribution in [2.45, 2.75) is 33.2 Å². The van der Waals surface area contributed by atoms with Gasteiger partial charge in [0.1, 0.15) is 5.75 Å². The Kier molecular flexibility index (Phi) is 7.25. The molecule has 0 spiro atoms. The van der Waals surface area contributed by atoms with Crippen LogP contribution in [0.5, 0.6) is 5.75 Å². The number of benzene rings is 1. The van der Waals surface area contributed by atoms with Crippen LogP contribution < -0.4 is 15.4 Å². The molecule has 0 bridgehead atoms. The van der Waals surface area contributed by atoms with E-state index in [2.05, 4.69) is 29.4 Å². The summed E-state index contributed by atoms with van der Waals surface area (Å²) in [5, 5.41) is 5.58. The maximum Gasteiger partial charge on any atom is 0.255 e. The zero-order valence-corrected chi connectivity index (χ0v) is 15.4. The monoisotopic (exact) mass is 347 g/mol. The quantitative estimate of drug-likeness (QED) is 0.750. The topological polar surface area (TPSA) is 70.7 Å². The van der Waals surface area contributed by atoms with Crippen LogP contribution in [0.3, 0.4) is 0 Å². The summed E-state index contributed by atoms with van der Waals surface area (Å²) in [6, 6.07) is 7.58. The van der Waals surface area contributed by atoms with Gasteiger partial charge in [-0.3, -0.25) is 9.59 Å². The smallest absolute Gasteiger partial charge is 0.255 e. The lowest BCUT2D eigenvalue weighted by molar-refractivity contribution is -0.120. The highest BCUT2D eigenvalue weighted by atomic mass is 16.5. The predicted octanol–water partition coefficient (Wildman–Crippen LogP) is 1.66. The Hall–Kier alpha value is -2.08. The molecular weight excluding hydrogens is 318 g/mol. The van der Waals surface area contributed by atoms with Crippen molar-refractivity contribution in [3.8, 4) is 5.75 Å².